The molecule has 20 heavy (non-hydrogen) atoms. The smallest absolute Gasteiger partial charge is 0.136 e. The molecule has 0 spiro atoms. The van der Waals surface area contributed by atoms with Crippen molar-refractivity contribution in [2.24, 2.45) is 0 Å². The predicted octanol–water partition coefficient (Wildman–Crippen LogP) is 3.62. The first-order valence-electron chi connectivity index (χ1n) is 7.76. The van der Waals surface area contributed by atoms with Crippen LogP contribution in [0, 0.1) is 0 Å². The van der Waals surface area contributed by atoms with Crippen molar-refractivity contribution in [2.75, 3.05) is 26.7 Å². The molecular formula is C16H27NO2S. The molecule has 1 aliphatic rings. The van der Waals surface area contributed by atoms with Crippen molar-refractivity contribution in [1.29, 1.82) is 0 Å². The van der Waals surface area contributed by atoms with Crippen molar-refractivity contribution in [3.05, 3.63) is 16.3 Å². The summed E-state index contributed by atoms with van der Waals surface area (Å²) in [6, 6.07) is 0. The molecule has 0 bridgehead atoms. The maximum Gasteiger partial charge on any atom is 0.136 e. The molecular weight excluding hydrogens is 270 g/mol. The SMILES string of the molecule is CCCCCCOc1cscc1C1(O)CCCN(C)C1. The fourth-order valence-corrected chi connectivity index (χ4v) is 3.77. The third-order valence-electron chi connectivity index (χ3n) is 4.04. The van der Waals surface area contributed by atoms with Gasteiger partial charge in [0.1, 0.15) is 11.4 Å². The van der Waals surface area contributed by atoms with E-state index in [2.05, 4.69) is 24.3 Å². The van der Waals surface area contributed by atoms with Crippen molar-refractivity contribution in [1.82, 2.24) is 4.90 Å². The minimum absolute atomic E-state index is 0.704. The van der Waals surface area contributed by atoms with Crippen LogP contribution in [0.25, 0.3) is 0 Å². The number of likely N-dealkylation sites (tertiary alicyclic amines) is 1. The molecule has 1 atom stereocenters. The predicted molar refractivity (Wildman–Crippen MR) is 84.6 cm³/mol. The van der Waals surface area contributed by atoms with E-state index in [0.29, 0.717) is 6.54 Å². The Bertz CT molecular complexity index is 407. The van der Waals surface area contributed by atoms with Crippen molar-refractivity contribution >= 4 is 11.3 Å². The molecule has 1 fully saturated rings. The number of β-amino-alcohol motifs (C(OH)–C–C–N with tert-alkyl or cyclic N) is 1. The number of ether oxygens (including phenoxy) is 1. The van der Waals surface area contributed by atoms with Crippen LogP contribution in [0.15, 0.2) is 10.8 Å². The maximum atomic E-state index is 10.9. The highest BCUT2D eigenvalue weighted by Crippen LogP contribution is 2.39. The first kappa shape index (κ1) is 15.8. The molecule has 3 nitrogen and oxygen atoms in total. The summed E-state index contributed by atoms with van der Waals surface area (Å²) in [7, 11) is 2.07. The highest BCUT2D eigenvalue weighted by atomic mass is 32.1. The van der Waals surface area contributed by atoms with Gasteiger partial charge in [-0.15, -0.1) is 11.3 Å². The topological polar surface area (TPSA) is 32.7 Å². The number of hydrogen-bond donors (Lipinski definition) is 1. The first-order chi connectivity index (χ1) is 9.65. The summed E-state index contributed by atoms with van der Waals surface area (Å²) in [6.07, 6.45) is 6.72. The number of nitrogens with zero attached hydrogens (tertiary/aromatic N) is 1. The Morgan fingerprint density at radius 3 is 2.95 bits per heavy atom. The molecule has 0 radical (unpaired) electrons. The molecule has 0 aromatic carbocycles. The zero-order chi connectivity index (χ0) is 14.4. The molecule has 2 heterocycles. The molecule has 2 rings (SSSR count). The molecule has 0 saturated carbocycles. The van der Waals surface area contributed by atoms with Gasteiger partial charge in [0.25, 0.3) is 0 Å². The fraction of sp³-hybridized carbons (Fsp3) is 0.750. The molecule has 1 aromatic rings. The molecule has 114 valence electrons. The van der Waals surface area contributed by atoms with Crippen LogP contribution >= 0.6 is 11.3 Å². The van der Waals surface area contributed by atoms with E-state index in [-0.39, 0.29) is 0 Å². The van der Waals surface area contributed by atoms with E-state index >= 15 is 0 Å². The van der Waals surface area contributed by atoms with Crippen LogP contribution in [0.4, 0.5) is 0 Å². The lowest BCUT2D eigenvalue weighted by atomic mass is 9.87. The molecule has 0 amide bonds. The minimum atomic E-state index is -0.730. The van der Waals surface area contributed by atoms with Gasteiger partial charge in [-0.3, -0.25) is 0 Å². The Labute approximate surface area is 126 Å². The van der Waals surface area contributed by atoms with Crippen LogP contribution in [-0.2, 0) is 5.60 Å². The van der Waals surface area contributed by atoms with Gasteiger partial charge in [-0.1, -0.05) is 26.2 Å². The molecule has 1 aliphatic heterocycles. The molecule has 1 saturated heterocycles. The summed E-state index contributed by atoms with van der Waals surface area (Å²) < 4.78 is 5.91. The zero-order valence-corrected chi connectivity index (χ0v) is 13.5. The number of aliphatic hydroxyl groups is 1. The van der Waals surface area contributed by atoms with Crippen molar-refractivity contribution < 1.29 is 9.84 Å². The Morgan fingerprint density at radius 1 is 1.35 bits per heavy atom. The Morgan fingerprint density at radius 2 is 2.20 bits per heavy atom. The van der Waals surface area contributed by atoms with Crippen LogP contribution in [0.2, 0.25) is 0 Å². The van der Waals surface area contributed by atoms with Crippen LogP contribution < -0.4 is 4.74 Å². The third-order valence-corrected chi connectivity index (χ3v) is 4.77. The summed E-state index contributed by atoms with van der Waals surface area (Å²) in [6.45, 7) is 4.75. The highest BCUT2D eigenvalue weighted by Gasteiger charge is 2.36. The number of piperidine rings is 1. The number of unbranched alkanes of at least 4 members (excludes halogenated alkanes) is 3. The monoisotopic (exact) mass is 297 g/mol. The van der Waals surface area contributed by atoms with Gasteiger partial charge in [0.15, 0.2) is 0 Å². The fourth-order valence-electron chi connectivity index (χ4n) is 2.91. The third kappa shape index (κ3) is 3.96. The van der Waals surface area contributed by atoms with Gasteiger partial charge in [0.2, 0.25) is 0 Å². The van der Waals surface area contributed by atoms with E-state index in [1.54, 1.807) is 11.3 Å². The number of rotatable bonds is 7. The zero-order valence-electron chi connectivity index (χ0n) is 12.7. The number of hydrogen-bond acceptors (Lipinski definition) is 4. The summed E-state index contributed by atoms with van der Waals surface area (Å²) >= 11 is 1.62. The molecule has 1 N–H and O–H groups in total. The van der Waals surface area contributed by atoms with Gasteiger partial charge >= 0.3 is 0 Å². The van der Waals surface area contributed by atoms with E-state index in [4.69, 9.17) is 4.74 Å². The Hall–Kier alpha value is -0.580. The van der Waals surface area contributed by atoms with Crippen molar-refractivity contribution in [3.8, 4) is 5.75 Å². The normalized spacial score (nSPS) is 23.9. The largest absolute Gasteiger partial charge is 0.492 e. The van der Waals surface area contributed by atoms with Crippen molar-refractivity contribution in [2.45, 2.75) is 51.0 Å². The summed E-state index contributed by atoms with van der Waals surface area (Å²) in [4.78, 5) is 2.20. The van der Waals surface area contributed by atoms with Gasteiger partial charge in [0.05, 0.1) is 6.61 Å². The lowest BCUT2D eigenvalue weighted by Gasteiger charge is -2.37. The van der Waals surface area contributed by atoms with Gasteiger partial charge in [-0.05, 0) is 32.9 Å². The summed E-state index contributed by atoms with van der Waals surface area (Å²) in [5, 5.41) is 15.0. The molecule has 1 aromatic heterocycles. The standard InChI is InChI=1S/C16H27NO2S/c1-3-4-5-6-10-19-15-12-20-11-14(15)16(18)8-7-9-17(2)13-16/h11-12,18H,3-10,13H2,1-2H3. The average molecular weight is 297 g/mol. The second kappa shape index (κ2) is 7.43. The van der Waals surface area contributed by atoms with Crippen molar-refractivity contribution in [3.63, 3.8) is 0 Å². The van der Waals surface area contributed by atoms with E-state index in [1.807, 2.05) is 5.38 Å². The van der Waals surface area contributed by atoms with Gasteiger partial charge < -0.3 is 14.7 Å². The second-order valence-corrected chi connectivity index (χ2v) is 6.68. The van der Waals surface area contributed by atoms with Gasteiger partial charge in [0, 0.05) is 22.9 Å². The average Bonchev–Trinajstić information content (AvgIpc) is 2.87. The molecule has 4 heteroatoms. The first-order valence-corrected chi connectivity index (χ1v) is 8.70. The van der Waals surface area contributed by atoms with Gasteiger partial charge in [-0.2, -0.15) is 0 Å². The quantitative estimate of drug-likeness (QED) is 0.780. The second-order valence-electron chi connectivity index (χ2n) is 5.93. The Kier molecular flexibility index (Phi) is 5.87. The van der Waals surface area contributed by atoms with Crippen LogP contribution in [-0.4, -0.2) is 36.8 Å². The van der Waals surface area contributed by atoms with Gasteiger partial charge in [-0.25, -0.2) is 0 Å². The Balaban J connectivity index is 1.93. The van der Waals surface area contributed by atoms with E-state index < -0.39 is 5.60 Å². The summed E-state index contributed by atoms with van der Waals surface area (Å²) in [5.41, 5.74) is 0.260. The number of thiophene rings is 1. The number of likely N-dealkylation sites (N-methyl/N-ethyl adjacent to an activating group) is 1. The molecule has 1 unspecified atom stereocenters. The van der Waals surface area contributed by atoms with Crippen LogP contribution in [0.5, 0.6) is 5.75 Å². The highest BCUT2D eigenvalue weighted by molar-refractivity contribution is 7.08. The maximum absolute atomic E-state index is 10.9. The minimum Gasteiger partial charge on any atom is -0.492 e. The lowest BCUT2D eigenvalue weighted by Crippen LogP contribution is -2.44. The van der Waals surface area contributed by atoms with E-state index in [0.717, 1.165) is 43.7 Å². The lowest BCUT2D eigenvalue weighted by molar-refractivity contribution is -0.0292. The van der Waals surface area contributed by atoms with Crippen LogP contribution in [0.1, 0.15) is 51.0 Å². The van der Waals surface area contributed by atoms with E-state index in [9.17, 15) is 5.11 Å². The molecule has 0 aliphatic carbocycles. The van der Waals surface area contributed by atoms with Crippen LogP contribution in [0.3, 0.4) is 0 Å². The van der Waals surface area contributed by atoms with E-state index in [1.165, 1.54) is 19.3 Å². The summed E-state index contributed by atoms with van der Waals surface area (Å²) in [5.74, 6) is 0.893.